The van der Waals surface area contributed by atoms with Crippen molar-refractivity contribution >= 4 is 10.9 Å². The first-order valence-corrected chi connectivity index (χ1v) is 6.90. The second kappa shape index (κ2) is 5.68. The molecule has 0 aliphatic rings. The van der Waals surface area contributed by atoms with Gasteiger partial charge in [0.1, 0.15) is 24.1 Å². The molecule has 0 saturated heterocycles. The van der Waals surface area contributed by atoms with E-state index in [2.05, 4.69) is 24.2 Å². The van der Waals surface area contributed by atoms with Crippen molar-refractivity contribution in [1.82, 2.24) is 9.78 Å². The monoisotopic (exact) mass is 277 g/mol. The summed E-state index contributed by atoms with van der Waals surface area (Å²) in [6.07, 6.45) is 0. The van der Waals surface area contributed by atoms with Crippen LogP contribution >= 0.6 is 0 Å². The third kappa shape index (κ3) is 2.46. The smallest absolute Gasteiger partial charge is 0.137 e. The van der Waals surface area contributed by atoms with E-state index >= 15 is 0 Å². The van der Waals surface area contributed by atoms with E-state index in [0.29, 0.717) is 17.9 Å². The van der Waals surface area contributed by atoms with Crippen LogP contribution in [0.25, 0.3) is 10.9 Å². The average Bonchev–Trinajstić information content (AvgIpc) is 2.91. The first-order chi connectivity index (χ1) is 10.3. The fourth-order valence-electron chi connectivity index (χ4n) is 2.37. The number of benzene rings is 2. The molecule has 0 saturated carbocycles. The molecule has 3 aromatic rings. The fourth-order valence-corrected chi connectivity index (χ4v) is 2.37. The average molecular weight is 277 g/mol. The SMILES string of the molecule is CCn1nc(COc2ccccc2C#N)c2ccccc21. The van der Waals surface area contributed by atoms with Crippen molar-refractivity contribution in [3.05, 3.63) is 59.8 Å². The van der Waals surface area contributed by atoms with Gasteiger partial charge in [0.15, 0.2) is 0 Å². The number of ether oxygens (including phenoxy) is 1. The highest BCUT2D eigenvalue weighted by atomic mass is 16.5. The van der Waals surface area contributed by atoms with E-state index in [1.54, 1.807) is 12.1 Å². The Bertz CT molecular complexity index is 814. The molecule has 0 radical (unpaired) electrons. The van der Waals surface area contributed by atoms with Gasteiger partial charge in [-0.05, 0) is 25.1 Å². The molecule has 0 amide bonds. The van der Waals surface area contributed by atoms with Crippen LogP contribution in [0.5, 0.6) is 5.75 Å². The molecule has 0 fully saturated rings. The number of nitriles is 1. The lowest BCUT2D eigenvalue weighted by Crippen LogP contribution is -2.01. The molecule has 104 valence electrons. The lowest BCUT2D eigenvalue weighted by molar-refractivity contribution is 0.300. The van der Waals surface area contributed by atoms with E-state index in [1.807, 2.05) is 35.0 Å². The summed E-state index contributed by atoms with van der Waals surface area (Å²) in [7, 11) is 0. The Balaban J connectivity index is 1.91. The Labute approximate surface area is 123 Å². The van der Waals surface area contributed by atoms with Crippen molar-refractivity contribution in [2.45, 2.75) is 20.1 Å². The molecule has 0 bridgehead atoms. The highest BCUT2D eigenvalue weighted by Gasteiger charge is 2.10. The molecule has 0 aliphatic heterocycles. The number of hydrogen-bond acceptors (Lipinski definition) is 3. The standard InChI is InChI=1S/C17H15N3O/c1-2-20-16-9-5-4-8-14(16)15(19-20)12-21-17-10-6-3-7-13(17)11-18/h3-10H,2,12H2,1H3. The number of hydrogen-bond donors (Lipinski definition) is 0. The van der Waals surface area contributed by atoms with Crippen LogP contribution in [0.1, 0.15) is 18.2 Å². The summed E-state index contributed by atoms with van der Waals surface area (Å²) in [5.41, 5.74) is 2.53. The maximum absolute atomic E-state index is 9.08. The van der Waals surface area contributed by atoms with Gasteiger partial charge >= 0.3 is 0 Å². The predicted octanol–water partition coefficient (Wildman–Crippen LogP) is 3.51. The Morgan fingerprint density at radius 3 is 2.71 bits per heavy atom. The number of para-hydroxylation sites is 2. The van der Waals surface area contributed by atoms with Crippen molar-refractivity contribution in [3.63, 3.8) is 0 Å². The molecule has 0 aliphatic carbocycles. The van der Waals surface area contributed by atoms with Gasteiger partial charge in [-0.15, -0.1) is 0 Å². The lowest BCUT2D eigenvalue weighted by atomic mass is 10.2. The molecule has 21 heavy (non-hydrogen) atoms. The molecule has 3 rings (SSSR count). The molecule has 0 atom stereocenters. The van der Waals surface area contributed by atoms with Crippen molar-refractivity contribution in [2.24, 2.45) is 0 Å². The summed E-state index contributed by atoms with van der Waals surface area (Å²) in [5, 5.41) is 14.8. The van der Waals surface area contributed by atoms with E-state index in [9.17, 15) is 0 Å². The van der Waals surface area contributed by atoms with Crippen LogP contribution in [0.3, 0.4) is 0 Å². The number of aryl methyl sites for hydroxylation is 1. The summed E-state index contributed by atoms with van der Waals surface area (Å²) in [6, 6.07) is 17.5. The van der Waals surface area contributed by atoms with Gasteiger partial charge in [0.05, 0.1) is 11.1 Å². The zero-order chi connectivity index (χ0) is 14.7. The first-order valence-electron chi connectivity index (χ1n) is 6.90. The van der Waals surface area contributed by atoms with Gasteiger partial charge < -0.3 is 4.74 Å². The Hall–Kier alpha value is -2.80. The van der Waals surface area contributed by atoms with Crippen LogP contribution in [0.4, 0.5) is 0 Å². The zero-order valence-electron chi connectivity index (χ0n) is 11.8. The van der Waals surface area contributed by atoms with Crippen molar-refractivity contribution in [3.8, 4) is 11.8 Å². The van der Waals surface area contributed by atoms with E-state index in [1.165, 1.54) is 0 Å². The molecular formula is C17H15N3O. The van der Waals surface area contributed by atoms with Crippen molar-refractivity contribution in [1.29, 1.82) is 5.26 Å². The minimum atomic E-state index is 0.353. The second-order valence-electron chi connectivity index (χ2n) is 4.68. The maximum atomic E-state index is 9.08. The predicted molar refractivity (Wildman–Crippen MR) is 80.9 cm³/mol. The molecule has 0 unspecified atom stereocenters. The summed E-state index contributed by atoms with van der Waals surface area (Å²) in [5.74, 6) is 0.593. The normalized spacial score (nSPS) is 10.5. The van der Waals surface area contributed by atoms with E-state index in [-0.39, 0.29) is 0 Å². The van der Waals surface area contributed by atoms with Gasteiger partial charge in [-0.2, -0.15) is 10.4 Å². The Morgan fingerprint density at radius 1 is 1.14 bits per heavy atom. The first kappa shape index (κ1) is 13.2. The molecule has 0 N–H and O–H groups in total. The number of rotatable bonds is 4. The molecule has 1 aromatic heterocycles. The van der Waals surface area contributed by atoms with E-state index in [0.717, 1.165) is 23.1 Å². The largest absolute Gasteiger partial charge is 0.486 e. The topological polar surface area (TPSA) is 50.8 Å². The van der Waals surface area contributed by atoms with Crippen LogP contribution < -0.4 is 4.74 Å². The third-order valence-corrected chi connectivity index (χ3v) is 3.41. The van der Waals surface area contributed by atoms with Crippen molar-refractivity contribution in [2.75, 3.05) is 0 Å². The van der Waals surface area contributed by atoms with E-state index in [4.69, 9.17) is 10.00 Å². The molecule has 4 nitrogen and oxygen atoms in total. The Kier molecular flexibility index (Phi) is 3.57. The van der Waals surface area contributed by atoms with Gasteiger partial charge in [0, 0.05) is 11.9 Å². The third-order valence-electron chi connectivity index (χ3n) is 3.41. The van der Waals surface area contributed by atoms with Crippen LogP contribution in [-0.4, -0.2) is 9.78 Å². The van der Waals surface area contributed by atoms with Crippen LogP contribution in [-0.2, 0) is 13.2 Å². The quantitative estimate of drug-likeness (QED) is 0.733. The Morgan fingerprint density at radius 2 is 1.90 bits per heavy atom. The zero-order valence-corrected chi connectivity index (χ0v) is 11.8. The van der Waals surface area contributed by atoms with Gasteiger partial charge in [0.25, 0.3) is 0 Å². The van der Waals surface area contributed by atoms with Crippen molar-refractivity contribution < 1.29 is 4.74 Å². The fraction of sp³-hybridized carbons (Fsp3) is 0.176. The van der Waals surface area contributed by atoms with E-state index < -0.39 is 0 Å². The molecule has 4 heteroatoms. The summed E-state index contributed by atoms with van der Waals surface area (Å²) in [6.45, 7) is 3.23. The van der Waals surface area contributed by atoms with Crippen LogP contribution in [0.15, 0.2) is 48.5 Å². The highest BCUT2D eigenvalue weighted by molar-refractivity contribution is 5.81. The van der Waals surface area contributed by atoms with Crippen LogP contribution in [0.2, 0.25) is 0 Å². The highest BCUT2D eigenvalue weighted by Crippen LogP contribution is 2.22. The summed E-state index contributed by atoms with van der Waals surface area (Å²) >= 11 is 0. The lowest BCUT2D eigenvalue weighted by Gasteiger charge is -2.05. The summed E-state index contributed by atoms with van der Waals surface area (Å²) < 4.78 is 7.74. The molecular weight excluding hydrogens is 262 g/mol. The minimum Gasteiger partial charge on any atom is -0.486 e. The minimum absolute atomic E-state index is 0.353. The van der Waals surface area contributed by atoms with Crippen LogP contribution in [0, 0.1) is 11.3 Å². The van der Waals surface area contributed by atoms with Gasteiger partial charge in [-0.25, -0.2) is 0 Å². The second-order valence-corrected chi connectivity index (χ2v) is 4.68. The number of aromatic nitrogens is 2. The number of nitrogens with zero attached hydrogens (tertiary/aromatic N) is 3. The van der Waals surface area contributed by atoms with Gasteiger partial charge in [-0.3, -0.25) is 4.68 Å². The molecule has 1 heterocycles. The van der Waals surface area contributed by atoms with Gasteiger partial charge in [0.2, 0.25) is 0 Å². The molecule has 0 spiro atoms. The summed E-state index contributed by atoms with van der Waals surface area (Å²) in [4.78, 5) is 0. The maximum Gasteiger partial charge on any atom is 0.137 e. The van der Waals surface area contributed by atoms with Gasteiger partial charge in [-0.1, -0.05) is 30.3 Å². The number of fused-ring (bicyclic) bond motifs is 1. The molecule has 2 aromatic carbocycles.